The van der Waals surface area contributed by atoms with Gasteiger partial charge in [-0.05, 0) is 52.2 Å². The van der Waals surface area contributed by atoms with E-state index in [0.717, 1.165) is 31.6 Å². The largest absolute Gasteiger partial charge is 0.468 e. The highest BCUT2D eigenvalue weighted by atomic mass is 16.6. The molecule has 1 heterocycles. The van der Waals surface area contributed by atoms with Crippen LogP contribution in [0.4, 0.5) is 4.79 Å². The number of furan rings is 1. The van der Waals surface area contributed by atoms with Gasteiger partial charge in [-0.2, -0.15) is 0 Å². The van der Waals surface area contributed by atoms with Gasteiger partial charge in [0.1, 0.15) is 11.4 Å². The van der Waals surface area contributed by atoms with E-state index in [1.807, 2.05) is 32.9 Å². The molecule has 1 aliphatic carbocycles. The first-order chi connectivity index (χ1) is 9.39. The molecule has 0 saturated heterocycles. The number of hydrogen-bond acceptors (Lipinski definition) is 4. The minimum absolute atomic E-state index is 0.172. The van der Waals surface area contributed by atoms with Crippen LogP contribution < -0.4 is 10.6 Å². The van der Waals surface area contributed by atoms with Crippen LogP contribution in [0, 0.1) is 0 Å². The summed E-state index contributed by atoms with van der Waals surface area (Å²) in [6.07, 6.45) is 4.43. The molecule has 1 amide bonds. The van der Waals surface area contributed by atoms with Gasteiger partial charge in [0.05, 0.1) is 18.3 Å². The molecule has 112 valence electrons. The van der Waals surface area contributed by atoms with E-state index < -0.39 is 5.60 Å². The van der Waals surface area contributed by atoms with Gasteiger partial charge in [-0.3, -0.25) is 0 Å². The second kappa shape index (κ2) is 5.87. The molecule has 1 aliphatic rings. The van der Waals surface area contributed by atoms with Gasteiger partial charge in [0, 0.05) is 6.54 Å². The number of nitrogens with one attached hydrogen (secondary N) is 2. The van der Waals surface area contributed by atoms with E-state index in [2.05, 4.69) is 10.6 Å². The second-order valence-corrected chi connectivity index (χ2v) is 6.44. The maximum absolute atomic E-state index is 11.9. The van der Waals surface area contributed by atoms with Crippen LogP contribution >= 0.6 is 0 Å². The molecule has 0 aliphatic heterocycles. The van der Waals surface area contributed by atoms with Crippen molar-refractivity contribution in [3.05, 3.63) is 24.2 Å². The summed E-state index contributed by atoms with van der Waals surface area (Å²) in [5, 5.41) is 6.35. The fourth-order valence-electron chi connectivity index (χ4n) is 2.31. The molecule has 2 rings (SSSR count). The maximum Gasteiger partial charge on any atom is 0.408 e. The Labute approximate surface area is 120 Å². The summed E-state index contributed by atoms with van der Waals surface area (Å²) in [7, 11) is 0. The highest BCUT2D eigenvalue weighted by Crippen LogP contribution is 2.31. The van der Waals surface area contributed by atoms with E-state index >= 15 is 0 Å². The third-order valence-corrected chi connectivity index (χ3v) is 3.42. The van der Waals surface area contributed by atoms with Crippen molar-refractivity contribution in [2.24, 2.45) is 0 Å². The third-order valence-electron chi connectivity index (χ3n) is 3.42. The van der Waals surface area contributed by atoms with Gasteiger partial charge in [-0.1, -0.05) is 0 Å². The molecule has 20 heavy (non-hydrogen) atoms. The van der Waals surface area contributed by atoms with Crippen molar-refractivity contribution in [1.29, 1.82) is 0 Å². The summed E-state index contributed by atoms with van der Waals surface area (Å²) in [6, 6.07) is 3.80. The normalized spacial score (nSPS) is 17.4. The standard InChI is InChI=1S/C15H24N2O3/c1-14(2,3)20-13(18)17-15(7-5-8-15)11-16-10-12-6-4-9-19-12/h4,6,9,16H,5,7-8,10-11H2,1-3H3,(H,17,18). The van der Waals surface area contributed by atoms with Crippen molar-refractivity contribution < 1.29 is 13.9 Å². The van der Waals surface area contributed by atoms with Crippen molar-refractivity contribution in [2.75, 3.05) is 6.54 Å². The number of carbonyl (C=O) groups is 1. The van der Waals surface area contributed by atoms with E-state index in [1.54, 1.807) is 6.26 Å². The topological polar surface area (TPSA) is 63.5 Å². The van der Waals surface area contributed by atoms with Crippen LogP contribution in [-0.2, 0) is 11.3 Å². The lowest BCUT2D eigenvalue weighted by Crippen LogP contribution is -2.59. The van der Waals surface area contributed by atoms with Gasteiger partial charge in [-0.25, -0.2) is 4.79 Å². The Hall–Kier alpha value is -1.49. The number of carbonyl (C=O) groups excluding carboxylic acids is 1. The summed E-state index contributed by atoms with van der Waals surface area (Å²) in [6.45, 7) is 7.01. The molecule has 5 heteroatoms. The molecule has 1 aromatic rings. The molecule has 1 fully saturated rings. The number of rotatable bonds is 5. The van der Waals surface area contributed by atoms with Crippen molar-refractivity contribution in [3.8, 4) is 0 Å². The number of hydrogen-bond donors (Lipinski definition) is 2. The van der Waals surface area contributed by atoms with Crippen LogP contribution in [0.15, 0.2) is 22.8 Å². The van der Waals surface area contributed by atoms with Crippen LogP contribution in [0.25, 0.3) is 0 Å². The number of alkyl carbamates (subject to hydrolysis) is 1. The van der Waals surface area contributed by atoms with Crippen LogP contribution in [0.1, 0.15) is 45.8 Å². The van der Waals surface area contributed by atoms with Gasteiger partial charge in [0.15, 0.2) is 0 Å². The van der Waals surface area contributed by atoms with Crippen molar-refractivity contribution >= 4 is 6.09 Å². The molecular formula is C15H24N2O3. The van der Waals surface area contributed by atoms with Crippen LogP contribution in [0.5, 0.6) is 0 Å². The fraction of sp³-hybridized carbons (Fsp3) is 0.667. The lowest BCUT2D eigenvalue weighted by Gasteiger charge is -2.42. The molecule has 0 unspecified atom stereocenters. The summed E-state index contributed by atoms with van der Waals surface area (Å²) in [5.74, 6) is 0.900. The van der Waals surface area contributed by atoms with Gasteiger partial charge >= 0.3 is 6.09 Å². The third kappa shape index (κ3) is 4.27. The average molecular weight is 280 g/mol. The van der Waals surface area contributed by atoms with Crippen molar-refractivity contribution in [1.82, 2.24) is 10.6 Å². The van der Waals surface area contributed by atoms with Crippen molar-refractivity contribution in [2.45, 2.75) is 57.7 Å². The monoisotopic (exact) mass is 280 g/mol. The highest BCUT2D eigenvalue weighted by molar-refractivity contribution is 5.69. The van der Waals surface area contributed by atoms with E-state index in [4.69, 9.17) is 9.15 Å². The Bertz CT molecular complexity index is 430. The van der Waals surface area contributed by atoms with E-state index in [9.17, 15) is 4.79 Å². The zero-order valence-corrected chi connectivity index (χ0v) is 12.5. The first-order valence-corrected chi connectivity index (χ1v) is 7.13. The molecule has 2 N–H and O–H groups in total. The van der Waals surface area contributed by atoms with Crippen molar-refractivity contribution in [3.63, 3.8) is 0 Å². The Morgan fingerprint density at radius 2 is 2.20 bits per heavy atom. The Morgan fingerprint density at radius 3 is 2.70 bits per heavy atom. The maximum atomic E-state index is 11.9. The predicted octanol–water partition coefficient (Wildman–Crippen LogP) is 2.82. The average Bonchev–Trinajstić information content (AvgIpc) is 2.75. The van der Waals surface area contributed by atoms with Gasteiger partial charge < -0.3 is 19.8 Å². The van der Waals surface area contributed by atoms with Gasteiger partial charge in [0.25, 0.3) is 0 Å². The second-order valence-electron chi connectivity index (χ2n) is 6.44. The smallest absolute Gasteiger partial charge is 0.408 e. The van der Waals surface area contributed by atoms with E-state index in [-0.39, 0.29) is 11.6 Å². The summed E-state index contributed by atoms with van der Waals surface area (Å²) in [4.78, 5) is 11.9. The minimum Gasteiger partial charge on any atom is -0.468 e. The van der Waals surface area contributed by atoms with E-state index in [1.165, 1.54) is 0 Å². The molecule has 5 nitrogen and oxygen atoms in total. The summed E-state index contributed by atoms with van der Waals surface area (Å²) >= 11 is 0. The first kappa shape index (κ1) is 14.9. The molecule has 0 spiro atoms. The van der Waals surface area contributed by atoms with Crippen LogP contribution in [-0.4, -0.2) is 23.8 Å². The lowest BCUT2D eigenvalue weighted by molar-refractivity contribution is 0.0382. The Morgan fingerprint density at radius 1 is 1.45 bits per heavy atom. The number of amides is 1. The summed E-state index contributed by atoms with van der Waals surface area (Å²) in [5.41, 5.74) is -0.633. The molecule has 1 aromatic heterocycles. The first-order valence-electron chi connectivity index (χ1n) is 7.13. The lowest BCUT2D eigenvalue weighted by atomic mass is 9.76. The fourth-order valence-corrected chi connectivity index (χ4v) is 2.31. The SMILES string of the molecule is CC(C)(C)OC(=O)NC1(CNCc2ccco2)CCC1. The highest BCUT2D eigenvalue weighted by Gasteiger charge is 2.39. The molecule has 1 saturated carbocycles. The molecule has 0 aromatic carbocycles. The minimum atomic E-state index is -0.462. The van der Waals surface area contributed by atoms with Crippen LogP contribution in [0.3, 0.4) is 0 Å². The van der Waals surface area contributed by atoms with E-state index in [0.29, 0.717) is 6.54 Å². The predicted molar refractivity (Wildman–Crippen MR) is 76.4 cm³/mol. The summed E-state index contributed by atoms with van der Waals surface area (Å²) < 4.78 is 10.6. The Balaban J connectivity index is 1.78. The zero-order valence-electron chi connectivity index (χ0n) is 12.5. The molecule has 0 atom stereocenters. The van der Waals surface area contributed by atoms with Crippen LogP contribution in [0.2, 0.25) is 0 Å². The molecule has 0 bridgehead atoms. The van der Waals surface area contributed by atoms with Gasteiger partial charge in [0.2, 0.25) is 0 Å². The molecular weight excluding hydrogens is 256 g/mol. The zero-order chi connectivity index (χ0) is 14.6. The molecule has 0 radical (unpaired) electrons. The quantitative estimate of drug-likeness (QED) is 0.870. The van der Waals surface area contributed by atoms with Gasteiger partial charge in [-0.15, -0.1) is 0 Å². The number of ether oxygens (including phenoxy) is 1. The Kier molecular flexibility index (Phi) is 4.38.